The first-order valence-electron chi connectivity index (χ1n) is 7.59. The highest BCUT2D eigenvalue weighted by atomic mass is 16.4. The molecule has 5 heteroatoms. The number of rotatable bonds is 5. The van der Waals surface area contributed by atoms with Crippen molar-refractivity contribution < 1.29 is 9.52 Å². The molecule has 1 fully saturated rings. The predicted molar refractivity (Wildman–Crippen MR) is 84.3 cm³/mol. The minimum absolute atomic E-state index is 0.252. The van der Waals surface area contributed by atoms with E-state index < -0.39 is 5.60 Å². The molecule has 1 aromatic rings. The van der Waals surface area contributed by atoms with E-state index >= 15 is 0 Å². The van der Waals surface area contributed by atoms with E-state index in [-0.39, 0.29) is 6.54 Å². The minimum Gasteiger partial charge on any atom is -0.463 e. The van der Waals surface area contributed by atoms with Gasteiger partial charge in [-0.3, -0.25) is 0 Å². The molecule has 0 saturated heterocycles. The molecule has 1 aliphatic rings. The summed E-state index contributed by atoms with van der Waals surface area (Å²) in [6.07, 6.45) is 1.14. The van der Waals surface area contributed by atoms with E-state index in [1.54, 1.807) is 13.0 Å². The Morgan fingerprint density at radius 3 is 2.67 bits per heavy atom. The molecule has 0 spiro atoms. The number of guanidine groups is 1. The summed E-state index contributed by atoms with van der Waals surface area (Å²) in [6, 6.07) is 4.10. The Bertz CT molecular complexity index is 517. The van der Waals surface area contributed by atoms with Gasteiger partial charge in [0.25, 0.3) is 0 Å². The predicted octanol–water partition coefficient (Wildman–Crippen LogP) is 2.15. The van der Waals surface area contributed by atoms with Crippen molar-refractivity contribution in [1.82, 2.24) is 10.6 Å². The summed E-state index contributed by atoms with van der Waals surface area (Å²) in [6.45, 7) is 11.1. The quantitative estimate of drug-likeness (QED) is 0.575. The number of aryl methyl sites for hydroxylation is 1. The van der Waals surface area contributed by atoms with Crippen LogP contribution in [0.3, 0.4) is 0 Å². The van der Waals surface area contributed by atoms with Crippen molar-refractivity contribution in [1.29, 1.82) is 0 Å². The van der Waals surface area contributed by atoms with Gasteiger partial charge in [0.15, 0.2) is 5.96 Å². The van der Waals surface area contributed by atoms with Crippen molar-refractivity contribution in [2.45, 2.75) is 52.7 Å². The third-order valence-electron chi connectivity index (χ3n) is 3.98. The zero-order valence-electron chi connectivity index (χ0n) is 13.7. The second kappa shape index (κ2) is 5.72. The lowest BCUT2D eigenvalue weighted by molar-refractivity contribution is 0.0428. The van der Waals surface area contributed by atoms with Crippen LogP contribution in [0.1, 0.15) is 45.6 Å². The Morgan fingerprint density at radius 1 is 1.52 bits per heavy atom. The highest BCUT2D eigenvalue weighted by molar-refractivity contribution is 5.80. The average molecular weight is 293 g/mol. The maximum atomic E-state index is 10.5. The van der Waals surface area contributed by atoms with Crippen LogP contribution in [-0.4, -0.2) is 30.2 Å². The van der Waals surface area contributed by atoms with Crippen LogP contribution < -0.4 is 10.6 Å². The van der Waals surface area contributed by atoms with E-state index in [9.17, 15) is 5.11 Å². The molecule has 118 valence electrons. The molecule has 2 rings (SSSR count). The topological polar surface area (TPSA) is 69.8 Å². The molecule has 0 amide bonds. The van der Waals surface area contributed by atoms with E-state index in [1.165, 1.54) is 0 Å². The first-order chi connectivity index (χ1) is 9.74. The third-order valence-corrected chi connectivity index (χ3v) is 3.98. The molecule has 0 bridgehead atoms. The van der Waals surface area contributed by atoms with Crippen LogP contribution in [0.15, 0.2) is 21.5 Å². The van der Waals surface area contributed by atoms with Gasteiger partial charge < -0.3 is 20.2 Å². The highest BCUT2D eigenvalue weighted by Crippen LogP contribution is 2.44. The van der Waals surface area contributed by atoms with Crippen LogP contribution in [0.5, 0.6) is 0 Å². The van der Waals surface area contributed by atoms with E-state index in [0.29, 0.717) is 17.2 Å². The molecule has 5 nitrogen and oxygen atoms in total. The summed E-state index contributed by atoms with van der Waals surface area (Å²) in [4.78, 5) is 4.50. The average Bonchev–Trinajstić information content (AvgIpc) is 2.78. The van der Waals surface area contributed by atoms with E-state index in [0.717, 1.165) is 24.7 Å². The fourth-order valence-corrected chi connectivity index (χ4v) is 2.23. The Balaban J connectivity index is 2.01. The molecule has 0 radical (unpaired) electrons. The van der Waals surface area contributed by atoms with Gasteiger partial charge >= 0.3 is 0 Å². The molecular weight excluding hydrogens is 266 g/mol. The second-order valence-corrected chi connectivity index (χ2v) is 6.77. The highest BCUT2D eigenvalue weighted by Gasteiger charge is 2.46. The third kappa shape index (κ3) is 4.00. The molecule has 3 N–H and O–H groups in total. The van der Waals surface area contributed by atoms with Crippen molar-refractivity contribution in [3.05, 3.63) is 23.7 Å². The molecule has 1 aliphatic carbocycles. The Labute approximate surface area is 126 Å². The molecule has 1 heterocycles. The second-order valence-electron chi connectivity index (χ2n) is 6.77. The zero-order chi connectivity index (χ0) is 15.7. The Morgan fingerprint density at radius 2 is 2.19 bits per heavy atom. The van der Waals surface area contributed by atoms with Gasteiger partial charge in [-0.25, -0.2) is 4.99 Å². The van der Waals surface area contributed by atoms with Crippen molar-refractivity contribution >= 4 is 5.96 Å². The minimum atomic E-state index is -1.10. The first-order valence-corrected chi connectivity index (χ1v) is 7.59. The van der Waals surface area contributed by atoms with Crippen molar-refractivity contribution in [3.63, 3.8) is 0 Å². The lowest BCUT2D eigenvalue weighted by Gasteiger charge is -2.20. The van der Waals surface area contributed by atoms with Crippen molar-refractivity contribution in [2.24, 2.45) is 10.4 Å². The molecule has 0 aromatic carbocycles. The van der Waals surface area contributed by atoms with Gasteiger partial charge in [0.05, 0.1) is 6.54 Å². The van der Waals surface area contributed by atoms with Crippen LogP contribution >= 0.6 is 0 Å². The molecule has 1 saturated carbocycles. The van der Waals surface area contributed by atoms with Crippen LogP contribution in [0.25, 0.3) is 0 Å². The number of aliphatic imine (C=N–C) groups is 1. The van der Waals surface area contributed by atoms with Crippen molar-refractivity contribution in [3.8, 4) is 0 Å². The van der Waals surface area contributed by atoms with Gasteiger partial charge in [-0.1, -0.05) is 13.8 Å². The smallest absolute Gasteiger partial charge is 0.191 e. The molecule has 21 heavy (non-hydrogen) atoms. The van der Waals surface area contributed by atoms with E-state index in [2.05, 4.69) is 29.5 Å². The summed E-state index contributed by atoms with van der Waals surface area (Å²) in [5.41, 5.74) is -0.771. The van der Waals surface area contributed by atoms with Gasteiger partial charge in [0.2, 0.25) is 0 Å². The summed E-state index contributed by atoms with van der Waals surface area (Å²) >= 11 is 0. The standard InChI is InChI=1S/C16H27N3O2/c1-6-17-14(19-12-9-15(12,3)4)18-10-16(5,20)13-8-7-11(2)21-13/h7-8,12,20H,6,9-10H2,1-5H3,(H2,17,18,19). The lowest BCUT2D eigenvalue weighted by Crippen LogP contribution is -2.41. The van der Waals surface area contributed by atoms with E-state index in [1.807, 2.05) is 19.9 Å². The normalized spacial score (nSPS) is 23.5. The van der Waals surface area contributed by atoms with Gasteiger partial charge in [0.1, 0.15) is 17.1 Å². The Hall–Kier alpha value is -1.49. The summed E-state index contributed by atoms with van der Waals surface area (Å²) in [5.74, 6) is 2.09. The van der Waals surface area contributed by atoms with Crippen LogP contribution in [0, 0.1) is 12.3 Å². The molecular formula is C16H27N3O2. The van der Waals surface area contributed by atoms with Crippen LogP contribution in [-0.2, 0) is 5.60 Å². The number of furan rings is 1. The van der Waals surface area contributed by atoms with E-state index in [4.69, 9.17) is 4.42 Å². The first kappa shape index (κ1) is 15.9. The molecule has 2 unspecified atom stereocenters. The molecule has 1 aromatic heterocycles. The number of nitrogens with one attached hydrogen (secondary N) is 2. The maximum absolute atomic E-state index is 10.5. The van der Waals surface area contributed by atoms with Gasteiger partial charge in [-0.15, -0.1) is 0 Å². The molecule has 2 atom stereocenters. The maximum Gasteiger partial charge on any atom is 0.191 e. The monoisotopic (exact) mass is 293 g/mol. The van der Waals surface area contributed by atoms with Gasteiger partial charge in [0, 0.05) is 12.6 Å². The van der Waals surface area contributed by atoms with Crippen LogP contribution in [0.4, 0.5) is 0 Å². The lowest BCUT2D eigenvalue weighted by atomic mass is 10.0. The number of aliphatic hydroxyl groups is 1. The number of nitrogens with zero attached hydrogens (tertiary/aromatic N) is 1. The van der Waals surface area contributed by atoms with Gasteiger partial charge in [-0.2, -0.15) is 0 Å². The Kier molecular flexibility index (Phi) is 4.33. The fraction of sp³-hybridized carbons (Fsp3) is 0.688. The van der Waals surface area contributed by atoms with Gasteiger partial charge in [-0.05, 0) is 44.7 Å². The number of hydrogen-bond acceptors (Lipinski definition) is 3. The number of hydrogen-bond donors (Lipinski definition) is 3. The zero-order valence-corrected chi connectivity index (χ0v) is 13.7. The SMILES string of the molecule is CCNC(=NCC(C)(O)c1ccc(C)o1)NC1CC1(C)C. The fourth-order valence-electron chi connectivity index (χ4n) is 2.23. The summed E-state index contributed by atoms with van der Waals surface area (Å²) < 4.78 is 5.51. The largest absolute Gasteiger partial charge is 0.463 e. The van der Waals surface area contributed by atoms with Crippen molar-refractivity contribution in [2.75, 3.05) is 13.1 Å². The summed E-state index contributed by atoms with van der Waals surface area (Å²) in [5, 5.41) is 17.1. The summed E-state index contributed by atoms with van der Waals surface area (Å²) in [7, 11) is 0. The van der Waals surface area contributed by atoms with Crippen LogP contribution in [0.2, 0.25) is 0 Å². The molecule has 0 aliphatic heterocycles.